The zero-order chi connectivity index (χ0) is 24.7. The van der Waals surface area contributed by atoms with Gasteiger partial charge in [0.15, 0.2) is 0 Å². The van der Waals surface area contributed by atoms with Crippen molar-refractivity contribution in [2.24, 2.45) is 0 Å². The fourth-order valence-electron chi connectivity index (χ4n) is 3.57. The van der Waals surface area contributed by atoms with Crippen molar-refractivity contribution in [3.8, 4) is 5.75 Å². The molecule has 0 aliphatic carbocycles. The summed E-state index contributed by atoms with van der Waals surface area (Å²) in [4.78, 5) is 14.7. The maximum Gasteiger partial charge on any atom is 0.264 e. The standard InChI is InChI=1S/C27H30N2O4S/c1-5-28(19-21(2)3)27(30)23-12-9-13-26(18-23)34(31,32)29(20-22-10-7-6-8-11-22)24-14-16-25(33-4)17-15-24/h6-18H,2,5,19-20H2,1,3-4H3. The first-order valence-electron chi connectivity index (χ1n) is 11.0. The lowest BCUT2D eigenvalue weighted by atomic mass is 10.2. The summed E-state index contributed by atoms with van der Waals surface area (Å²) in [6.07, 6.45) is 0. The van der Waals surface area contributed by atoms with E-state index >= 15 is 0 Å². The van der Waals surface area contributed by atoms with Crippen molar-refractivity contribution in [3.05, 3.63) is 102 Å². The average molecular weight is 479 g/mol. The van der Waals surface area contributed by atoms with Gasteiger partial charge in [-0.1, -0.05) is 48.6 Å². The van der Waals surface area contributed by atoms with Crippen LogP contribution in [-0.2, 0) is 16.6 Å². The maximum atomic E-state index is 13.8. The van der Waals surface area contributed by atoms with Crippen molar-refractivity contribution < 1.29 is 17.9 Å². The Kier molecular flexibility index (Phi) is 8.12. The number of rotatable bonds is 10. The van der Waals surface area contributed by atoms with E-state index in [4.69, 9.17) is 4.74 Å². The summed E-state index contributed by atoms with van der Waals surface area (Å²) in [6.45, 7) is 8.67. The average Bonchev–Trinajstić information content (AvgIpc) is 2.86. The van der Waals surface area contributed by atoms with Crippen LogP contribution in [0.1, 0.15) is 29.8 Å². The third-order valence-corrected chi connectivity index (χ3v) is 7.10. The van der Waals surface area contributed by atoms with E-state index in [1.165, 1.54) is 16.4 Å². The lowest BCUT2D eigenvalue weighted by Gasteiger charge is -2.26. The lowest BCUT2D eigenvalue weighted by Crippen LogP contribution is -2.33. The third kappa shape index (κ3) is 5.85. The van der Waals surface area contributed by atoms with Crippen molar-refractivity contribution in [2.45, 2.75) is 25.3 Å². The lowest BCUT2D eigenvalue weighted by molar-refractivity contribution is 0.0778. The second kappa shape index (κ2) is 11.0. The van der Waals surface area contributed by atoms with E-state index in [1.54, 1.807) is 48.4 Å². The van der Waals surface area contributed by atoms with Gasteiger partial charge in [0.25, 0.3) is 15.9 Å². The summed E-state index contributed by atoms with van der Waals surface area (Å²) in [6, 6.07) is 22.4. The topological polar surface area (TPSA) is 66.9 Å². The summed E-state index contributed by atoms with van der Waals surface area (Å²) < 4.78 is 34.2. The first-order valence-corrected chi connectivity index (χ1v) is 12.4. The SMILES string of the molecule is C=C(C)CN(CC)C(=O)c1cccc(S(=O)(=O)N(Cc2ccccc2)c2ccc(OC)cc2)c1. The molecule has 0 aliphatic heterocycles. The highest BCUT2D eigenvalue weighted by molar-refractivity contribution is 7.92. The van der Waals surface area contributed by atoms with Gasteiger partial charge in [-0.05, 0) is 61.9 Å². The van der Waals surface area contributed by atoms with Gasteiger partial charge in [-0.2, -0.15) is 0 Å². The largest absolute Gasteiger partial charge is 0.497 e. The van der Waals surface area contributed by atoms with Gasteiger partial charge >= 0.3 is 0 Å². The number of carbonyl (C=O) groups is 1. The number of benzene rings is 3. The molecule has 3 aromatic rings. The summed E-state index contributed by atoms with van der Waals surface area (Å²) >= 11 is 0. The Bertz CT molecular complexity index is 1240. The van der Waals surface area contributed by atoms with E-state index in [1.807, 2.05) is 44.2 Å². The molecule has 0 aromatic heterocycles. The van der Waals surface area contributed by atoms with Crippen LogP contribution in [-0.4, -0.2) is 39.4 Å². The number of carbonyl (C=O) groups excluding carboxylic acids is 1. The number of hydrogen-bond acceptors (Lipinski definition) is 4. The molecule has 0 atom stereocenters. The van der Waals surface area contributed by atoms with E-state index < -0.39 is 10.0 Å². The highest BCUT2D eigenvalue weighted by Gasteiger charge is 2.27. The van der Waals surface area contributed by atoms with Crippen molar-refractivity contribution in [2.75, 3.05) is 24.5 Å². The predicted molar refractivity (Wildman–Crippen MR) is 136 cm³/mol. The van der Waals surface area contributed by atoms with Crippen LogP contribution in [0.4, 0.5) is 5.69 Å². The molecule has 1 amide bonds. The van der Waals surface area contributed by atoms with Crippen LogP contribution < -0.4 is 9.04 Å². The Labute approximate surface area is 202 Å². The van der Waals surface area contributed by atoms with E-state index in [0.717, 1.165) is 11.1 Å². The summed E-state index contributed by atoms with van der Waals surface area (Å²) in [7, 11) is -2.42. The van der Waals surface area contributed by atoms with E-state index in [-0.39, 0.29) is 17.3 Å². The van der Waals surface area contributed by atoms with Gasteiger partial charge < -0.3 is 9.64 Å². The second-order valence-electron chi connectivity index (χ2n) is 8.00. The maximum absolute atomic E-state index is 13.8. The second-order valence-corrected chi connectivity index (χ2v) is 9.86. The quantitative estimate of drug-likeness (QED) is 0.379. The summed E-state index contributed by atoms with van der Waals surface area (Å²) in [5.41, 5.74) is 2.51. The third-order valence-electron chi connectivity index (χ3n) is 5.33. The van der Waals surface area contributed by atoms with E-state index in [9.17, 15) is 13.2 Å². The smallest absolute Gasteiger partial charge is 0.264 e. The van der Waals surface area contributed by atoms with Crippen molar-refractivity contribution in [3.63, 3.8) is 0 Å². The molecule has 0 radical (unpaired) electrons. The number of amides is 1. The first kappa shape index (κ1) is 25.1. The van der Waals surface area contributed by atoms with Crippen LogP contribution in [0.25, 0.3) is 0 Å². The molecule has 6 nitrogen and oxygen atoms in total. The van der Waals surface area contributed by atoms with Gasteiger partial charge in [0.1, 0.15) is 5.75 Å². The molecule has 7 heteroatoms. The number of anilines is 1. The number of methoxy groups -OCH3 is 1. The van der Waals surface area contributed by atoms with Gasteiger partial charge in [-0.25, -0.2) is 8.42 Å². The Hall–Kier alpha value is -3.58. The highest BCUT2D eigenvalue weighted by Crippen LogP contribution is 2.28. The zero-order valence-electron chi connectivity index (χ0n) is 19.8. The molecule has 0 unspecified atom stereocenters. The molecule has 0 N–H and O–H groups in total. The minimum Gasteiger partial charge on any atom is -0.497 e. The normalized spacial score (nSPS) is 11.0. The number of sulfonamides is 1. The van der Waals surface area contributed by atoms with Crippen LogP contribution >= 0.6 is 0 Å². The first-order chi connectivity index (χ1) is 16.3. The van der Waals surface area contributed by atoms with Gasteiger partial charge in [0, 0.05) is 18.7 Å². The number of ether oxygens (including phenoxy) is 1. The van der Waals surface area contributed by atoms with E-state index in [0.29, 0.717) is 30.1 Å². The number of likely N-dealkylation sites (N-methyl/N-ethyl adjacent to an activating group) is 1. The molecule has 34 heavy (non-hydrogen) atoms. The Morgan fingerprint density at radius 2 is 1.65 bits per heavy atom. The molecule has 3 rings (SSSR count). The summed E-state index contributed by atoms with van der Waals surface area (Å²) in [5, 5.41) is 0. The van der Waals surface area contributed by atoms with Gasteiger partial charge in [-0.3, -0.25) is 9.10 Å². The molecule has 0 saturated carbocycles. The Balaban J connectivity index is 2.03. The van der Waals surface area contributed by atoms with Crippen LogP contribution in [0.15, 0.2) is 95.9 Å². The van der Waals surface area contributed by atoms with Crippen molar-refractivity contribution in [1.29, 1.82) is 0 Å². The fraction of sp³-hybridized carbons (Fsp3) is 0.222. The number of hydrogen-bond donors (Lipinski definition) is 0. The molecule has 0 spiro atoms. The molecule has 0 aliphatic rings. The highest BCUT2D eigenvalue weighted by atomic mass is 32.2. The predicted octanol–water partition coefficient (Wildman–Crippen LogP) is 5.13. The molecule has 0 bridgehead atoms. The monoisotopic (exact) mass is 478 g/mol. The molecular weight excluding hydrogens is 448 g/mol. The molecule has 3 aromatic carbocycles. The minimum atomic E-state index is -3.98. The fourth-order valence-corrected chi connectivity index (χ4v) is 5.06. The molecule has 0 heterocycles. The Morgan fingerprint density at radius 1 is 0.971 bits per heavy atom. The molecule has 0 saturated heterocycles. The van der Waals surface area contributed by atoms with Crippen LogP contribution in [0.5, 0.6) is 5.75 Å². The Morgan fingerprint density at radius 3 is 2.24 bits per heavy atom. The van der Waals surface area contributed by atoms with Crippen molar-refractivity contribution in [1.82, 2.24) is 4.90 Å². The minimum absolute atomic E-state index is 0.0523. The van der Waals surface area contributed by atoms with Gasteiger partial charge in [0.05, 0.1) is 24.2 Å². The van der Waals surface area contributed by atoms with Crippen LogP contribution in [0.2, 0.25) is 0 Å². The van der Waals surface area contributed by atoms with E-state index in [2.05, 4.69) is 6.58 Å². The van der Waals surface area contributed by atoms with Gasteiger partial charge in [-0.15, -0.1) is 0 Å². The molecule has 178 valence electrons. The zero-order valence-corrected chi connectivity index (χ0v) is 20.6. The van der Waals surface area contributed by atoms with Crippen LogP contribution in [0, 0.1) is 0 Å². The van der Waals surface area contributed by atoms with Crippen LogP contribution in [0.3, 0.4) is 0 Å². The summed E-state index contributed by atoms with van der Waals surface area (Å²) in [5.74, 6) is 0.396. The van der Waals surface area contributed by atoms with Gasteiger partial charge in [0.2, 0.25) is 0 Å². The number of nitrogens with zero attached hydrogens (tertiary/aromatic N) is 2. The van der Waals surface area contributed by atoms with Crippen molar-refractivity contribution >= 4 is 21.6 Å². The molecular formula is C27H30N2O4S. The molecule has 0 fully saturated rings.